The molecule has 0 aliphatic rings. The molecule has 0 fully saturated rings. The third-order valence-corrected chi connectivity index (χ3v) is 2.37. The second kappa shape index (κ2) is 4.33. The van der Waals surface area contributed by atoms with Gasteiger partial charge in [0.2, 0.25) is 0 Å². The number of benzene rings is 2. The summed E-state index contributed by atoms with van der Waals surface area (Å²) in [6, 6.07) is 9.51. The molecule has 2 aromatic rings. The second-order valence-corrected chi connectivity index (χ2v) is 3.49. The third kappa shape index (κ3) is 2.15. The molecule has 17 heavy (non-hydrogen) atoms. The molecule has 0 bridgehead atoms. The average Bonchev–Trinajstić information content (AvgIpc) is 2.33. The molecule has 0 radical (unpaired) electrons. The summed E-state index contributed by atoms with van der Waals surface area (Å²) in [6.07, 6.45) is 0. The smallest absolute Gasteiger partial charge is 0.335 e. The van der Waals surface area contributed by atoms with Gasteiger partial charge < -0.3 is 5.11 Å². The van der Waals surface area contributed by atoms with E-state index in [0.717, 1.165) is 6.07 Å². The molecule has 0 aliphatic carbocycles. The van der Waals surface area contributed by atoms with Gasteiger partial charge in [0.15, 0.2) is 11.6 Å². The fraction of sp³-hybridized carbons (Fsp3) is 0. The van der Waals surface area contributed by atoms with Crippen molar-refractivity contribution in [3.63, 3.8) is 0 Å². The molecule has 0 atom stereocenters. The molecule has 0 heterocycles. The first-order chi connectivity index (χ1) is 8.09. The first kappa shape index (κ1) is 11.3. The van der Waals surface area contributed by atoms with Gasteiger partial charge in [-0.15, -0.1) is 0 Å². The topological polar surface area (TPSA) is 37.3 Å². The molecule has 4 heteroatoms. The van der Waals surface area contributed by atoms with Crippen LogP contribution in [0.1, 0.15) is 10.4 Å². The number of aromatic carboxylic acids is 1. The van der Waals surface area contributed by atoms with E-state index in [1.165, 1.54) is 36.4 Å². The van der Waals surface area contributed by atoms with Gasteiger partial charge in [0.05, 0.1) is 5.56 Å². The van der Waals surface area contributed by atoms with Crippen molar-refractivity contribution in [1.29, 1.82) is 0 Å². The quantitative estimate of drug-likeness (QED) is 0.865. The average molecular weight is 234 g/mol. The van der Waals surface area contributed by atoms with Gasteiger partial charge in [-0.2, -0.15) is 0 Å². The Bertz CT molecular complexity index is 579. The van der Waals surface area contributed by atoms with Crippen molar-refractivity contribution in [3.8, 4) is 11.1 Å². The van der Waals surface area contributed by atoms with Crippen LogP contribution in [0.2, 0.25) is 0 Å². The van der Waals surface area contributed by atoms with Crippen molar-refractivity contribution < 1.29 is 18.7 Å². The minimum absolute atomic E-state index is 0.0335. The highest BCUT2D eigenvalue weighted by molar-refractivity contribution is 5.89. The van der Waals surface area contributed by atoms with Gasteiger partial charge in [0, 0.05) is 5.56 Å². The Kier molecular flexibility index (Phi) is 2.87. The van der Waals surface area contributed by atoms with E-state index in [-0.39, 0.29) is 11.1 Å². The van der Waals surface area contributed by atoms with Crippen LogP contribution in [0, 0.1) is 11.6 Å². The zero-order chi connectivity index (χ0) is 12.4. The summed E-state index contributed by atoms with van der Waals surface area (Å²) in [6.45, 7) is 0. The number of carboxylic acids is 1. The zero-order valence-corrected chi connectivity index (χ0v) is 8.65. The van der Waals surface area contributed by atoms with Gasteiger partial charge in [-0.3, -0.25) is 0 Å². The number of carboxylic acid groups (broad SMARTS) is 1. The molecule has 0 saturated carbocycles. The summed E-state index contributed by atoms with van der Waals surface area (Å²) < 4.78 is 26.5. The minimum atomic E-state index is -1.11. The lowest BCUT2D eigenvalue weighted by Crippen LogP contribution is -1.96. The molecule has 1 N–H and O–H groups in total. The second-order valence-electron chi connectivity index (χ2n) is 3.49. The molecule has 0 saturated heterocycles. The van der Waals surface area contributed by atoms with E-state index in [2.05, 4.69) is 0 Å². The third-order valence-electron chi connectivity index (χ3n) is 2.37. The van der Waals surface area contributed by atoms with Gasteiger partial charge in [0.1, 0.15) is 0 Å². The van der Waals surface area contributed by atoms with Crippen molar-refractivity contribution in [2.75, 3.05) is 0 Å². The van der Waals surface area contributed by atoms with E-state index in [1.807, 2.05) is 0 Å². The first-order valence-electron chi connectivity index (χ1n) is 4.87. The van der Waals surface area contributed by atoms with Crippen molar-refractivity contribution >= 4 is 5.97 Å². The number of hydrogen-bond donors (Lipinski definition) is 1. The number of carbonyl (C=O) groups is 1. The normalized spacial score (nSPS) is 10.2. The maximum Gasteiger partial charge on any atom is 0.335 e. The summed E-state index contributed by atoms with van der Waals surface area (Å²) >= 11 is 0. The van der Waals surface area contributed by atoms with Crippen LogP contribution in [0.15, 0.2) is 42.5 Å². The summed E-state index contributed by atoms with van der Waals surface area (Å²) in [7, 11) is 0. The maximum absolute atomic E-state index is 13.5. The van der Waals surface area contributed by atoms with Crippen LogP contribution in [-0.4, -0.2) is 11.1 Å². The van der Waals surface area contributed by atoms with E-state index in [1.54, 1.807) is 0 Å². The van der Waals surface area contributed by atoms with Gasteiger partial charge >= 0.3 is 5.97 Å². The van der Waals surface area contributed by atoms with Gasteiger partial charge in [-0.05, 0) is 23.8 Å². The molecule has 86 valence electrons. The van der Waals surface area contributed by atoms with Gasteiger partial charge in [-0.1, -0.05) is 24.3 Å². The Morgan fingerprint density at radius 3 is 2.47 bits per heavy atom. The Morgan fingerprint density at radius 1 is 1.06 bits per heavy atom. The van der Waals surface area contributed by atoms with E-state index in [4.69, 9.17) is 5.11 Å². The fourth-order valence-corrected chi connectivity index (χ4v) is 1.55. The SMILES string of the molecule is O=C(O)c1cccc(-c2cccc(F)c2F)c1. The number of hydrogen-bond acceptors (Lipinski definition) is 1. The van der Waals surface area contributed by atoms with Crippen LogP contribution < -0.4 is 0 Å². The molecule has 0 spiro atoms. The molecular weight excluding hydrogens is 226 g/mol. The monoisotopic (exact) mass is 234 g/mol. The van der Waals surface area contributed by atoms with Crippen LogP contribution >= 0.6 is 0 Å². The Balaban J connectivity index is 2.57. The van der Waals surface area contributed by atoms with Gasteiger partial charge in [0.25, 0.3) is 0 Å². The molecule has 0 unspecified atom stereocenters. The lowest BCUT2D eigenvalue weighted by atomic mass is 10.0. The number of halogens is 2. The van der Waals surface area contributed by atoms with Crippen molar-refractivity contribution in [2.45, 2.75) is 0 Å². The minimum Gasteiger partial charge on any atom is -0.478 e. The largest absolute Gasteiger partial charge is 0.478 e. The molecule has 2 nitrogen and oxygen atoms in total. The van der Waals surface area contributed by atoms with E-state index >= 15 is 0 Å². The molecule has 2 rings (SSSR count). The summed E-state index contributed by atoms with van der Waals surface area (Å²) in [5, 5.41) is 8.81. The standard InChI is InChI=1S/C13H8F2O2/c14-11-6-2-5-10(12(11)15)8-3-1-4-9(7-8)13(16)17/h1-7H,(H,16,17). The molecule has 0 aromatic heterocycles. The van der Waals surface area contributed by atoms with Gasteiger partial charge in [-0.25, -0.2) is 13.6 Å². The lowest BCUT2D eigenvalue weighted by Gasteiger charge is -2.05. The Hall–Kier alpha value is -2.23. The van der Waals surface area contributed by atoms with Crippen molar-refractivity contribution in [1.82, 2.24) is 0 Å². The van der Waals surface area contributed by atoms with Crippen LogP contribution in [-0.2, 0) is 0 Å². The molecular formula is C13H8F2O2. The molecule has 0 aliphatic heterocycles. The van der Waals surface area contributed by atoms with E-state index in [0.29, 0.717) is 5.56 Å². The van der Waals surface area contributed by atoms with Crippen LogP contribution in [0.25, 0.3) is 11.1 Å². The zero-order valence-electron chi connectivity index (χ0n) is 8.65. The van der Waals surface area contributed by atoms with Crippen LogP contribution in [0.3, 0.4) is 0 Å². The highest BCUT2D eigenvalue weighted by Gasteiger charge is 2.11. The predicted octanol–water partition coefficient (Wildman–Crippen LogP) is 3.33. The summed E-state index contributed by atoms with van der Waals surface area (Å²) in [4.78, 5) is 10.8. The highest BCUT2D eigenvalue weighted by atomic mass is 19.2. The van der Waals surface area contributed by atoms with Crippen molar-refractivity contribution in [3.05, 3.63) is 59.7 Å². The lowest BCUT2D eigenvalue weighted by molar-refractivity contribution is 0.0697. The Labute approximate surface area is 96.1 Å². The first-order valence-corrected chi connectivity index (χ1v) is 4.87. The van der Waals surface area contributed by atoms with Crippen LogP contribution in [0.4, 0.5) is 8.78 Å². The molecule has 2 aromatic carbocycles. The Morgan fingerprint density at radius 2 is 1.76 bits per heavy atom. The van der Waals surface area contributed by atoms with E-state index in [9.17, 15) is 13.6 Å². The summed E-state index contributed by atoms with van der Waals surface area (Å²) in [5.74, 6) is -3.04. The summed E-state index contributed by atoms with van der Waals surface area (Å²) in [5.41, 5.74) is 0.418. The van der Waals surface area contributed by atoms with Crippen molar-refractivity contribution in [2.24, 2.45) is 0 Å². The number of rotatable bonds is 2. The van der Waals surface area contributed by atoms with E-state index < -0.39 is 17.6 Å². The molecule has 0 amide bonds. The fourth-order valence-electron chi connectivity index (χ4n) is 1.55. The predicted molar refractivity (Wildman–Crippen MR) is 58.8 cm³/mol. The highest BCUT2D eigenvalue weighted by Crippen LogP contribution is 2.25. The maximum atomic E-state index is 13.5. The van der Waals surface area contributed by atoms with Crippen LogP contribution in [0.5, 0.6) is 0 Å².